The SMILES string of the molecule is CC(=O)C1C(=O)c2ccccc2S(=O)(=O)N1C/C=N/O. The first-order valence-electron chi connectivity index (χ1n) is 5.72. The molecule has 0 radical (unpaired) electrons. The van der Waals surface area contributed by atoms with Crippen molar-refractivity contribution < 1.29 is 23.2 Å². The molecule has 0 spiro atoms. The van der Waals surface area contributed by atoms with Gasteiger partial charge in [-0.1, -0.05) is 12.1 Å². The Morgan fingerprint density at radius 3 is 2.70 bits per heavy atom. The molecular formula is C12H12N2O5S. The molecule has 0 bridgehead atoms. The molecule has 1 aromatic carbocycles. The van der Waals surface area contributed by atoms with Gasteiger partial charge in [-0.3, -0.25) is 9.59 Å². The minimum atomic E-state index is -3.99. The molecular weight excluding hydrogens is 284 g/mol. The van der Waals surface area contributed by atoms with Gasteiger partial charge in [0.25, 0.3) is 0 Å². The van der Waals surface area contributed by atoms with Gasteiger partial charge in [-0.25, -0.2) is 8.42 Å². The number of oxime groups is 1. The number of Topliss-reactive ketones (excluding diaryl/α,β-unsaturated/α-hetero) is 2. The number of carbonyl (C=O) groups is 2. The summed E-state index contributed by atoms with van der Waals surface area (Å²) in [6.45, 7) is 0.790. The lowest BCUT2D eigenvalue weighted by atomic mass is 10.0. The molecule has 106 valence electrons. The summed E-state index contributed by atoms with van der Waals surface area (Å²) in [7, 11) is -3.99. The van der Waals surface area contributed by atoms with Crippen LogP contribution in [0.3, 0.4) is 0 Å². The fraction of sp³-hybridized carbons (Fsp3) is 0.250. The van der Waals surface area contributed by atoms with E-state index in [1.807, 2.05) is 0 Å². The normalized spacial score (nSPS) is 21.9. The van der Waals surface area contributed by atoms with Crippen LogP contribution in [-0.2, 0) is 14.8 Å². The fourth-order valence-corrected chi connectivity index (χ4v) is 3.88. The Labute approximate surface area is 115 Å². The standard InChI is InChI=1S/C12H12N2O5S/c1-8(15)11-12(16)9-4-2-3-5-10(9)20(18,19)14(11)7-6-13-17/h2-6,11,17H,7H2,1H3/b13-6+. The Bertz CT molecular complexity index is 696. The van der Waals surface area contributed by atoms with Gasteiger partial charge in [0.15, 0.2) is 11.6 Å². The van der Waals surface area contributed by atoms with Crippen LogP contribution in [-0.4, -0.2) is 48.3 Å². The molecule has 1 atom stereocenters. The Kier molecular flexibility index (Phi) is 3.69. The van der Waals surface area contributed by atoms with Crippen LogP contribution in [0, 0.1) is 0 Å². The second-order valence-corrected chi connectivity index (χ2v) is 6.11. The molecule has 1 unspecified atom stereocenters. The van der Waals surface area contributed by atoms with E-state index in [2.05, 4.69) is 5.16 Å². The van der Waals surface area contributed by atoms with Crippen molar-refractivity contribution in [2.75, 3.05) is 6.54 Å². The van der Waals surface area contributed by atoms with Crippen molar-refractivity contribution in [1.29, 1.82) is 0 Å². The maximum absolute atomic E-state index is 12.4. The summed E-state index contributed by atoms with van der Waals surface area (Å²) in [4.78, 5) is 23.8. The Hall–Kier alpha value is -2.06. The highest BCUT2D eigenvalue weighted by molar-refractivity contribution is 7.89. The minimum absolute atomic E-state index is 0.00453. The molecule has 2 rings (SSSR count). The summed E-state index contributed by atoms with van der Waals surface area (Å²) < 4.78 is 25.6. The van der Waals surface area contributed by atoms with E-state index in [1.165, 1.54) is 24.3 Å². The van der Waals surface area contributed by atoms with Crippen molar-refractivity contribution in [1.82, 2.24) is 4.31 Å². The van der Waals surface area contributed by atoms with Crippen molar-refractivity contribution in [3.8, 4) is 0 Å². The van der Waals surface area contributed by atoms with Crippen molar-refractivity contribution >= 4 is 27.8 Å². The van der Waals surface area contributed by atoms with Gasteiger partial charge < -0.3 is 5.21 Å². The van der Waals surface area contributed by atoms with Crippen molar-refractivity contribution in [2.24, 2.45) is 5.16 Å². The largest absolute Gasteiger partial charge is 0.411 e. The second-order valence-electron chi connectivity index (χ2n) is 4.25. The van der Waals surface area contributed by atoms with E-state index in [9.17, 15) is 18.0 Å². The van der Waals surface area contributed by atoms with Crippen LogP contribution in [0.5, 0.6) is 0 Å². The summed E-state index contributed by atoms with van der Waals surface area (Å²) in [6.07, 6.45) is 0.911. The number of benzene rings is 1. The third-order valence-electron chi connectivity index (χ3n) is 3.00. The lowest BCUT2D eigenvalue weighted by molar-refractivity contribution is -0.119. The topological polar surface area (TPSA) is 104 Å². The maximum atomic E-state index is 12.4. The zero-order chi connectivity index (χ0) is 14.9. The molecule has 20 heavy (non-hydrogen) atoms. The van der Waals surface area contributed by atoms with Crippen LogP contribution in [0.2, 0.25) is 0 Å². The van der Waals surface area contributed by atoms with Crippen molar-refractivity contribution in [3.05, 3.63) is 29.8 Å². The number of sulfonamides is 1. The quantitative estimate of drug-likeness (QED) is 0.374. The number of rotatable bonds is 3. The predicted octanol–water partition coefficient (Wildman–Crippen LogP) is 0.291. The van der Waals surface area contributed by atoms with Gasteiger partial charge in [-0.05, 0) is 19.1 Å². The molecule has 0 amide bonds. The number of fused-ring (bicyclic) bond motifs is 1. The average molecular weight is 296 g/mol. The Balaban J connectivity index is 2.67. The average Bonchev–Trinajstić information content (AvgIpc) is 2.41. The third-order valence-corrected chi connectivity index (χ3v) is 4.89. The molecule has 0 saturated carbocycles. The summed E-state index contributed by atoms with van der Waals surface area (Å²) in [6, 6.07) is 4.29. The number of hydrogen-bond acceptors (Lipinski definition) is 6. The van der Waals surface area contributed by atoms with E-state index in [0.717, 1.165) is 17.4 Å². The molecule has 0 aliphatic carbocycles. The third kappa shape index (κ3) is 2.12. The van der Waals surface area contributed by atoms with E-state index in [-0.39, 0.29) is 17.0 Å². The summed E-state index contributed by atoms with van der Waals surface area (Å²) >= 11 is 0. The molecule has 0 saturated heterocycles. The van der Waals surface area contributed by atoms with E-state index in [4.69, 9.17) is 5.21 Å². The van der Waals surface area contributed by atoms with Crippen molar-refractivity contribution in [2.45, 2.75) is 17.9 Å². The molecule has 1 N–H and O–H groups in total. The van der Waals surface area contributed by atoms with Gasteiger partial charge in [0.05, 0.1) is 17.7 Å². The zero-order valence-corrected chi connectivity index (χ0v) is 11.4. The smallest absolute Gasteiger partial charge is 0.245 e. The minimum Gasteiger partial charge on any atom is -0.411 e. The zero-order valence-electron chi connectivity index (χ0n) is 10.6. The number of ketones is 2. The lowest BCUT2D eigenvalue weighted by Gasteiger charge is -2.32. The van der Waals surface area contributed by atoms with E-state index in [1.54, 1.807) is 0 Å². The first kappa shape index (κ1) is 14.4. The number of carbonyl (C=O) groups excluding carboxylic acids is 2. The maximum Gasteiger partial charge on any atom is 0.245 e. The Morgan fingerprint density at radius 1 is 1.45 bits per heavy atom. The molecule has 1 aliphatic rings. The van der Waals surface area contributed by atoms with Crippen LogP contribution >= 0.6 is 0 Å². The molecule has 0 fully saturated rings. The monoisotopic (exact) mass is 296 g/mol. The predicted molar refractivity (Wildman–Crippen MR) is 69.4 cm³/mol. The van der Waals surface area contributed by atoms with E-state index < -0.39 is 27.6 Å². The first-order valence-corrected chi connectivity index (χ1v) is 7.16. The van der Waals surface area contributed by atoms with Crippen LogP contribution in [0.25, 0.3) is 0 Å². The van der Waals surface area contributed by atoms with Crippen LogP contribution in [0.4, 0.5) is 0 Å². The van der Waals surface area contributed by atoms with Gasteiger partial charge in [0.1, 0.15) is 6.04 Å². The first-order chi connectivity index (χ1) is 9.41. The van der Waals surface area contributed by atoms with Gasteiger partial charge in [0, 0.05) is 5.56 Å². The summed E-state index contributed by atoms with van der Waals surface area (Å²) in [5.41, 5.74) is 0.00453. The molecule has 0 aromatic heterocycles. The molecule has 1 aromatic rings. The van der Waals surface area contributed by atoms with E-state index in [0.29, 0.717) is 0 Å². The second kappa shape index (κ2) is 5.14. The summed E-state index contributed by atoms with van der Waals surface area (Å²) in [5, 5.41) is 11.1. The molecule has 7 nitrogen and oxygen atoms in total. The number of hydrogen-bond donors (Lipinski definition) is 1. The highest BCUT2D eigenvalue weighted by atomic mass is 32.2. The van der Waals surface area contributed by atoms with Crippen molar-refractivity contribution in [3.63, 3.8) is 0 Å². The van der Waals surface area contributed by atoms with Crippen LogP contribution in [0.1, 0.15) is 17.3 Å². The number of nitrogens with zero attached hydrogens (tertiary/aromatic N) is 2. The van der Waals surface area contributed by atoms with Gasteiger partial charge in [-0.15, -0.1) is 5.16 Å². The van der Waals surface area contributed by atoms with Crippen LogP contribution < -0.4 is 0 Å². The molecule has 8 heteroatoms. The van der Waals surface area contributed by atoms with Gasteiger partial charge in [-0.2, -0.15) is 4.31 Å². The lowest BCUT2D eigenvalue weighted by Crippen LogP contribution is -2.53. The Morgan fingerprint density at radius 2 is 2.10 bits per heavy atom. The van der Waals surface area contributed by atoms with Gasteiger partial charge in [0.2, 0.25) is 10.0 Å². The fourth-order valence-electron chi connectivity index (χ4n) is 2.15. The highest BCUT2D eigenvalue weighted by Crippen LogP contribution is 2.29. The molecule has 1 aliphatic heterocycles. The summed E-state index contributed by atoms with van der Waals surface area (Å²) in [5.74, 6) is -1.16. The highest BCUT2D eigenvalue weighted by Gasteiger charge is 2.45. The molecule has 1 heterocycles. The van der Waals surface area contributed by atoms with Crippen LogP contribution in [0.15, 0.2) is 34.3 Å². The van der Waals surface area contributed by atoms with Gasteiger partial charge >= 0.3 is 0 Å². The van der Waals surface area contributed by atoms with E-state index >= 15 is 0 Å².